The predicted octanol–water partition coefficient (Wildman–Crippen LogP) is -2.62. The number of quaternary nitrogens is 1. The lowest BCUT2D eigenvalue weighted by Gasteiger charge is -2.22. The molecule has 3 heterocycles. The number of aromatic nitrogens is 4. The van der Waals surface area contributed by atoms with Crippen molar-refractivity contribution in [3.63, 3.8) is 0 Å². The summed E-state index contributed by atoms with van der Waals surface area (Å²) < 4.78 is 7.80. The Morgan fingerprint density at radius 1 is 1.25 bits per heavy atom. The first-order valence-electron chi connectivity index (χ1n) is 6.64. The summed E-state index contributed by atoms with van der Waals surface area (Å²) in [6.45, 7) is 4.04. The highest BCUT2D eigenvalue weighted by atomic mass is 16.5. The van der Waals surface area contributed by atoms with Gasteiger partial charge in [-0.3, -0.25) is 13.9 Å². The quantitative estimate of drug-likeness (QED) is 0.630. The number of aromatic amines is 1. The summed E-state index contributed by atoms with van der Waals surface area (Å²) in [7, 11) is 3.09. The van der Waals surface area contributed by atoms with Crippen LogP contribution in [-0.2, 0) is 25.4 Å². The van der Waals surface area contributed by atoms with Crippen LogP contribution in [0.4, 0.5) is 0 Å². The summed E-state index contributed by atoms with van der Waals surface area (Å²) in [6, 6.07) is 0. The fraction of sp³-hybridized carbons (Fsp3) is 0.583. The summed E-state index contributed by atoms with van der Waals surface area (Å²) in [5, 5.41) is 0. The summed E-state index contributed by atoms with van der Waals surface area (Å²) >= 11 is 0. The minimum atomic E-state index is -0.362. The van der Waals surface area contributed by atoms with E-state index in [0.717, 1.165) is 36.7 Å². The van der Waals surface area contributed by atoms with Crippen molar-refractivity contribution in [1.29, 1.82) is 0 Å². The summed E-state index contributed by atoms with van der Waals surface area (Å²) in [6.07, 6.45) is 0. The molecule has 20 heavy (non-hydrogen) atoms. The molecule has 1 fully saturated rings. The third-order valence-corrected chi connectivity index (χ3v) is 3.76. The Hall–Kier alpha value is -1.93. The van der Waals surface area contributed by atoms with Gasteiger partial charge >= 0.3 is 5.69 Å². The molecule has 0 saturated carbocycles. The van der Waals surface area contributed by atoms with Gasteiger partial charge in [-0.25, -0.2) is 9.78 Å². The van der Waals surface area contributed by atoms with Crippen molar-refractivity contribution in [3.05, 3.63) is 26.7 Å². The molecule has 108 valence electrons. The van der Waals surface area contributed by atoms with E-state index in [1.54, 1.807) is 7.05 Å². The molecule has 0 spiro atoms. The molecule has 0 unspecified atom stereocenters. The van der Waals surface area contributed by atoms with Crippen molar-refractivity contribution in [2.75, 3.05) is 26.3 Å². The zero-order valence-corrected chi connectivity index (χ0v) is 11.6. The van der Waals surface area contributed by atoms with Crippen molar-refractivity contribution in [1.82, 2.24) is 19.1 Å². The number of nitrogens with zero attached hydrogens (tertiary/aromatic N) is 3. The molecule has 3 rings (SSSR count). The van der Waals surface area contributed by atoms with E-state index in [1.807, 2.05) is 0 Å². The zero-order valence-electron chi connectivity index (χ0n) is 11.6. The maximum atomic E-state index is 12.1. The number of hydrogen-bond donors (Lipinski definition) is 2. The Balaban J connectivity index is 2.02. The second kappa shape index (κ2) is 4.88. The minimum Gasteiger partial charge on any atom is -0.370 e. The SMILES string of the molecule is Cn1c(=O)c2[nH]c(C[NH+]3CCOCC3)nc2n(C)c1=O. The van der Waals surface area contributed by atoms with Crippen molar-refractivity contribution < 1.29 is 9.64 Å². The van der Waals surface area contributed by atoms with Crippen molar-refractivity contribution in [3.8, 4) is 0 Å². The lowest BCUT2D eigenvalue weighted by atomic mass is 10.4. The predicted molar refractivity (Wildman–Crippen MR) is 71.8 cm³/mol. The van der Waals surface area contributed by atoms with Gasteiger partial charge in [-0.05, 0) is 0 Å². The Labute approximate surface area is 114 Å². The maximum Gasteiger partial charge on any atom is 0.332 e. The number of fused-ring (bicyclic) bond motifs is 1. The molecule has 1 saturated heterocycles. The molecular weight excluding hydrogens is 262 g/mol. The van der Waals surface area contributed by atoms with Gasteiger partial charge in [0.1, 0.15) is 25.2 Å². The van der Waals surface area contributed by atoms with Crippen LogP contribution in [0.15, 0.2) is 9.59 Å². The van der Waals surface area contributed by atoms with Crippen LogP contribution in [0.3, 0.4) is 0 Å². The molecule has 0 amide bonds. The van der Waals surface area contributed by atoms with E-state index in [-0.39, 0.29) is 11.2 Å². The van der Waals surface area contributed by atoms with Crippen LogP contribution < -0.4 is 16.1 Å². The van der Waals surface area contributed by atoms with Gasteiger partial charge < -0.3 is 14.6 Å². The first kappa shape index (κ1) is 13.1. The van der Waals surface area contributed by atoms with Crippen LogP contribution in [0.1, 0.15) is 5.82 Å². The monoisotopic (exact) mass is 280 g/mol. The van der Waals surface area contributed by atoms with E-state index in [2.05, 4.69) is 9.97 Å². The van der Waals surface area contributed by atoms with Gasteiger partial charge in [0, 0.05) is 14.1 Å². The van der Waals surface area contributed by atoms with Gasteiger partial charge in [0.15, 0.2) is 11.5 Å². The van der Waals surface area contributed by atoms with Gasteiger partial charge in [0.2, 0.25) is 0 Å². The molecule has 1 aliphatic rings. The van der Waals surface area contributed by atoms with Gasteiger partial charge in [-0.1, -0.05) is 0 Å². The third-order valence-electron chi connectivity index (χ3n) is 3.76. The van der Waals surface area contributed by atoms with E-state index in [4.69, 9.17) is 4.74 Å². The molecule has 2 aromatic rings. The second-order valence-corrected chi connectivity index (χ2v) is 5.13. The second-order valence-electron chi connectivity index (χ2n) is 5.13. The van der Waals surface area contributed by atoms with Crippen LogP contribution >= 0.6 is 0 Å². The summed E-state index contributed by atoms with van der Waals surface area (Å²) in [5.74, 6) is 0.732. The zero-order chi connectivity index (χ0) is 14.3. The van der Waals surface area contributed by atoms with Gasteiger partial charge in [-0.15, -0.1) is 0 Å². The highest BCUT2D eigenvalue weighted by molar-refractivity contribution is 5.69. The number of nitrogens with one attached hydrogen (secondary N) is 2. The van der Waals surface area contributed by atoms with Gasteiger partial charge in [-0.2, -0.15) is 0 Å². The third kappa shape index (κ3) is 2.06. The Morgan fingerprint density at radius 2 is 1.95 bits per heavy atom. The van der Waals surface area contributed by atoms with Crippen LogP contribution in [0.5, 0.6) is 0 Å². The van der Waals surface area contributed by atoms with Crippen LogP contribution in [0, 0.1) is 0 Å². The van der Waals surface area contributed by atoms with Gasteiger partial charge in [0.05, 0.1) is 13.2 Å². The Bertz CT molecular complexity index is 751. The molecule has 0 aliphatic carbocycles. The highest BCUT2D eigenvalue weighted by Gasteiger charge is 2.18. The standard InChI is InChI=1S/C12H17N5O3/c1-15-10-9(11(18)16(2)12(15)19)13-8(14-10)7-17-3-5-20-6-4-17/h3-7H2,1-2H3,(H,13,14)/p+1. The van der Waals surface area contributed by atoms with E-state index >= 15 is 0 Å². The van der Waals surface area contributed by atoms with E-state index in [1.165, 1.54) is 16.5 Å². The Kier molecular flexibility index (Phi) is 3.19. The maximum absolute atomic E-state index is 12.1. The number of imidazole rings is 1. The van der Waals surface area contributed by atoms with Gasteiger partial charge in [0.25, 0.3) is 5.56 Å². The molecule has 0 radical (unpaired) electrons. The lowest BCUT2D eigenvalue weighted by Crippen LogP contribution is -3.12. The van der Waals surface area contributed by atoms with Crippen molar-refractivity contribution in [2.24, 2.45) is 14.1 Å². The molecule has 0 aromatic carbocycles. The number of H-pyrrole nitrogens is 1. The fourth-order valence-electron chi connectivity index (χ4n) is 2.53. The van der Waals surface area contributed by atoms with E-state index in [9.17, 15) is 9.59 Å². The molecule has 0 atom stereocenters. The fourth-order valence-corrected chi connectivity index (χ4v) is 2.53. The first-order valence-corrected chi connectivity index (χ1v) is 6.64. The molecule has 0 bridgehead atoms. The number of aryl methyl sites for hydroxylation is 1. The molecule has 1 aliphatic heterocycles. The van der Waals surface area contributed by atoms with E-state index in [0.29, 0.717) is 17.7 Å². The van der Waals surface area contributed by atoms with Crippen LogP contribution in [0.2, 0.25) is 0 Å². The molecular formula is C12H18N5O3+. The number of rotatable bonds is 2. The summed E-state index contributed by atoms with van der Waals surface area (Å²) in [5.41, 5.74) is 0.108. The highest BCUT2D eigenvalue weighted by Crippen LogP contribution is 2.03. The topological polar surface area (TPSA) is 86.3 Å². The molecule has 8 heteroatoms. The average Bonchev–Trinajstić information content (AvgIpc) is 2.88. The van der Waals surface area contributed by atoms with Crippen molar-refractivity contribution in [2.45, 2.75) is 6.54 Å². The summed E-state index contributed by atoms with van der Waals surface area (Å²) in [4.78, 5) is 32.7. The molecule has 8 nitrogen and oxygen atoms in total. The number of ether oxygens (including phenoxy) is 1. The normalized spacial score (nSPS) is 16.9. The Morgan fingerprint density at radius 3 is 2.65 bits per heavy atom. The largest absolute Gasteiger partial charge is 0.370 e. The van der Waals surface area contributed by atoms with E-state index < -0.39 is 0 Å². The molecule has 2 N–H and O–H groups in total. The smallest absolute Gasteiger partial charge is 0.332 e. The number of hydrogen-bond acceptors (Lipinski definition) is 4. The van der Waals surface area contributed by atoms with Crippen molar-refractivity contribution >= 4 is 11.2 Å². The molecule has 2 aromatic heterocycles. The lowest BCUT2D eigenvalue weighted by molar-refractivity contribution is -0.922. The number of morpholine rings is 1. The average molecular weight is 280 g/mol. The van der Waals surface area contributed by atoms with Crippen LogP contribution in [0.25, 0.3) is 11.2 Å². The minimum absolute atomic E-state index is 0.334. The van der Waals surface area contributed by atoms with Crippen LogP contribution in [-0.4, -0.2) is 45.4 Å². The first-order chi connectivity index (χ1) is 9.58.